The summed E-state index contributed by atoms with van der Waals surface area (Å²) in [6, 6.07) is 6.47. The van der Waals surface area contributed by atoms with E-state index in [9.17, 15) is 0 Å². The molecular formula is C14H15N3O. The van der Waals surface area contributed by atoms with Crippen LogP contribution in [0.1, 0.15) is 17.5 Å². The van der Waals surface area contributed by atoms with Crippen molar-refractivity contribution in [2.75, 3.05) is 11.9 Å². The lowest BCUT2D eigenvalue weighted by Crippen LogP contribution is -2.12. The summed E-state index contributed by atoms with van der Waals surface area (Å²) < 4.78 is 5.75. The summed E-state index contributed by atoms with van der Waals surface area (Å²) in [7, 11) is 0. The van der Waals surface area contributed by atoms with Gasteiger partial charge in [0.25, 0.3) is 0 Å². The van der Waals surface area contributed by atoms with Crippen LogP contribution in [0.25, 0.3) is 0 Å². The number of hydrogen-bond acceptors (Lipinski definition) is 4. The second-order valence-corrected chi connectivity index (χ2v) is 4.47. The Labute approximate surface area is 106 Å². The molecule has 0 unspecified atom stereocenters. The Bertz CT molecular complexity index is 551. The van der Waals surface area contributed by atoms with Crippen LogP contribution in [0.3, 0.4) is 0 Å². The fourth-order valence-corrected chi connectivity index (χ4v) is 2.09. The van der Waals surface area contributed by atoms with Crippen LogP contribution in [0.5, 0.6) is 11.8 Å². The molecule has 1 aliphatic rings. The number of rotatable bonds is 2. The van der Waals surface area contributed by atoms with E-state index in [1.807, 2.05) is 19.1 Å². The number of hydrogen-bond donors (Lipinski definition) is 1. The van der Waals surface area contributed by atoms with E-state index in [1.165, 1.54) is 5.56 Å². The normalized spacial score (nSPS) is 13.6. The van der Waals surface area contributed by atoms with Crippen molar-refractivity contribution in [2.45, 2.75) is 19.8 Å². The Morgan fingerprint density at radius 1 is 1.22 bits per heavy atom. The van der Waals surface area contributed by atoms with E-state index >= 15 is 0 Å². The quantitative estimate of drug-likeness (QED) is 0.878. The van der Waals surface area contributed by atoms with Crippen molar-refractivity contribution < 1.29 is 4.74 Å². The first-order chi connectivity index (χ1) is 8.83. The second kappa shape index (κ2) is 4.64. The van der Waals surface area contributed by atoms with Gasteiger partial charge in [-0.15, -0.1) is 0 Å². The van der Waals surface area contributed by atoms with Crippen LogP contribution in [0, 0.1) is 6.92 Å². The van der Waals surface area contributed by atoms with Gasteiger partial charge in [0.15, 0.2) is 5.75 Å². The van der Waals surface area contributed by atoms with Gasteiger partial charge < -0.3 is 10.1 Å². The molecule has 0 saturated carbocycles. The second-order valence-electron chi connectivity index (χ2n) is 4.47. The van der Waals surface area contributed by atoms with Crippen LogP contribution in [0.2, 0.25) is 0 Å². The van der Waals surface area contributed by atoms with Gasteiger partial charge in [-0.05, 0) is 37.0 Å². The average Bonchev–Trinajstić information content (AvgIpc) is 2.42. The first-order valence-corrected chi connectivity index (χ1v) is 6.15. The van der Waals surface area contributed by atoms with Crippen molar-refractivity contribution >= 4 is 5.69 Å². The average molecular weight is 241 g/mol. The van der Waals surface area contributed by atoms with Crippen LogP contribution in [-0.4, -0.2) is 16.5 Å². The van der Waals surface area contributed by atoms with Crippen molar-refractivity contribution in [3.63, 3.8) is 0 Å². The maximum Gasteiger partial charge on any atom is 0.321 e. The van der Waals surface area contributed by atoms with Gasteiger partial charge in [0.1, 0.15) is 0 Å². The van der Waals surface area contributed by atoms with Gasteiger partial charge in [-0.2, -0.15) is 0 Å². The lowest BCUT2D eigenvalue weighted by Gasteiger charge is -2.20. The molecule has 0 spiro atoms. The molecule has 0 bridgehead atoms. The van der Waals surface area contributed by atoms with E-state index in [0.29, 0.717) is 6.01 Å². The molecule has 2 heterocycles. The minimum Gasteiger partial charge on any atom is -0.422 e. The molecule has 0 saturated heterocycles. The Kier molecular flexibility index (Phi) is 2.84. The SMILES string of the molecule is Cc1cnc(Oc2cccc3c2NCCC3)nc1. The predicted molar refractivity (Wildman–Crippen MR) is 70.1 cm³/mol. The highest BCUT2D eigenvalue weighted by molar-refractivity contribution is 5.63. The Hall–Kier alpha value is -2.10. The number of aryl methyl sites for hydroxylation is 2. The smallest absolute Gasteiger partial charge is 0.321 e. The highest BCUT2D eigenvalue weighted by Gasteiger charge is 2.14. The summed E-state index contributed by atoms with van der Waals surface area (Å²) in [5.41, 5.74) is 3.40. The Morgan fingerprint density at radius 3 is 2.89 bits per heavy atom. The van der Waals surface area contributed by atoms with Gasteiger partial charge in [-0.25, -0.2) is 9.97 Å². The largest absolute Gasteiger partial charge is 0.422 e. The van der Waals surface area contributed by atoms with Crippen molar-refractivity contribution in [2.24, 2.45) is 0 Å². The van der Waals surface area contributed by atoms with Crippen LogP contribution < -0.4 is 10.1 Å². The Balaban J connectivity index is 1.90. The standard InChI is InChI=1S/C14H15N3O/c1-10-8-16-14(17-9-10)18-12-6-2-4-11-5-3-7-15-13(11)12/h2,4,6,8-9,15H,3,5,7H2,1H3. The van der Waals surface area contributed by atoms with Gasteiger partial charge in [0.2, 0.25) is 0 Å². The molecule has 1 aliphatic heterocycles. The molecule has 92 valence electrons. The molecule has 2 aromatic rings. The van der Waals surface area contributed by atoms with Gasteiger partial charge in [0, 0.05) is 18.9 Å². The van der Waals surface area contributed by atoms with Crippen LogP contribution in [0.4, 0.5) is 5.69 Å². The number of fused-ring (bicyclic) bond motifs is 1. The zero-order valence-corrected chi connectivity index (χ0v) is 10.3. The van der Waals surface area contributed by atoms with Crippen LogP contribution in [0.15, 0.2) is 30.6 Å². The molecule has 1 N–H and O–H groups in total. The molecule has 0 fully saturated rings. The number of benzene rings is 1. The van der Waals surface area contributed by atoms with Crippen LogP contribution in [-0.2, 0) is 6.42 Å². The van der Waals surface area contributed by atoms with Gasteiger partial charge in [-0.3, -0.25) is 0 Å². The lowest BCUT2D eigenvalue weighted by molar-refractivity contribution is 0.441. The monoisotopic (exact) mass is 241 g/mol. The van der Waals surface area contributed by atoms with E-state index in [-0.39, 0.29) is 0 Å². The number of nitrogens with zero attached hydrogens (tertiary/aromatic N) is 2. The lowest BCUT2D eigenvalue weighted by atomic mass is 10.0. The molecule has 4 heteroatoms. The minimum absolute atomic E-state index is 0.390. The molecule has 1 aromatic carbocycles. The van der Waals surface area contributed by atoms with Crippen molar-refractivity contribution in [3.05, 3.63) is 41.7 Å². The zero-order chi connectivity index (χ0) is 12.4. The minimum atomic E-state index is 0.390. The van der Waals surface area contributed by atoms with Crippen molar-refractivity contribution in [1.29, 1.82) is 0 Å². The highest BCUT2D eigenvalue weighted by atomic mass is 16.5. The molecule has 3 rings (SSSR count). The predicted octanol–water partition coefficient (Wildman–Crippen LogP) is 2.94. The van der Waals surface area contributed by atoms with Gasteiger partial charge >= 0.3 is 6.01 Å². The summed E-state index contributed by atoms with van der Waals surface area (Å²) in [6.07, 6.45) is 5.77. The third kappa shape index (κ3) is 2.14. The first-order valence-electron chi connectivity index (χ1n) is 6.15. The molecule has 0 amide bonds. The number of anilines is 1. The summed E-state index contributed by atoms with van der Waals surface area (Å²) in [4.78, 5) is 8.32. The Morgan fingerprint density at radius 2 is 2.06 bits per heavy atom. The third-order valence-electron chi connectivity index (χ3n) is 3.00. The molecule has 0 radical (unpaired) electrons. The highest BCUT2D eigenvalue weighted by Crippen LogP contribution is 2.33. The maximum atomic E-state index is 5.75. The summed E-state index contributed by atoms with van der Waals surface area (Å²) in [5, 5.41) is 3.38. The van der Waals surface area contributed by atoms with Crippen molar-refractivity contribution in [1.82, 2.24) is 9.97 Å². The molecule has 1 aromatic heterocycles. The van der Waals surface area contributed by atoms with Gasteiger partial charge in [0.05, 0.1) is 5.69 Å². The summed E-state index contributed by atoms with van der Waals surface area (Å²) in [6.45, 7) is 2.94. The van der Waals surface area contributed by atoms with E-state index in [1.54, 1.807) is 12.4 Å². The number of para-hydroxylation sites is 1. The topological polar surface area (TPSA) is 47.0 Å². The molecule has 0 atom stereocenters. The summed E-state index contributed by atoms with van der Waals surface area (Å²) in [5.74, 6) is 0.802. The third-order valence-corrected chi connectivity index (χ3v) is 3.00. The van der Waals surface area contributed by atoms with E-state index in [4.69, 9.17) is 4.74 Å². The number of nitrogens with one attached hydrogen (secondary N) is 1. The van der Waals surface area contributed by atoms with E-state index in [0.717, 1.165) is 36.4 Å². The van der Waals surface area contributed by atoms with Crippen molar-refractivity contribution in [3.8, 4) is 11.8 Å². The molecule has 4 nitrogen and oxygen atoms in total. The van der Waals surface area contributed by atoms with Crippen LogP contribution >= 0.6 is 0 Å². The molecule has 0 aliphatic carbocycles. The van der Waals surface area contributed by atoms with E-state index < -0.39 is 0 Å². The number of ether oxygens (including phenoxy) is 1. The fraction of sp³-hybridized carbons (Fsp3) is 0.286. The number of aromatic nitrogens is 2. The van der Waals surface area contributed by atoms with Gasteiger partial charge in [-0.1, -0.05) is 12.1 Å². The van der Waals surface area contributed by atoms with E-state index in [2.05, 4.69) is 21.4 Å². The summed E-state index contributed by atoms with van der Waals surface area (Å²) >= 11 is 0. The fourth-order valence-electron chi connectivity index (χ4n) is 2.09. The molecular weight excluding hydrogens is 226 g/mol. The first kappa shape index (κ1) is 11.0. The molecule has 18 heavy (non-hydrogen) atoms. The maximum absolute atomic E-state index is 5.75. The zero-order valence-electron chi connectivity index (χ0n) is 10.3.